The molecule has 0 saturated carbocycles. The van der Waals surface area contributed by atoms with E-state index in [1.807, 2.05) is 29.2 Å². The van der Waals surface area contributed by atoms with Gasteiger partial charge in [0.2, 0.25) is 5.91 Å². The highest BCUT2D eigenvalue weighted by Crippen LogP contribution is 2.19. The summed E-state index contributed by atoms with van der Waals surface area (Å²) in [6, 6.07) is 14.1. The van der Waals surface area contributed by atoms with Gasteiger partial charge in [0.15, 0.2) is 0 Å². The number of rotatable bonds is 6. The number of benzene rings is 2. The topological polar surface area (TPSA) is 67.7 Å². The molecule has 3 aromatic rings. The number of aromatic nitrogens is 2. The SMILES string of the molecule is COc1ccc(CCC(=O)N2CCCN(C(=O)c3cnn(-c4ccccc4F)c3C)CC2)cc1. The number of methoxy groups -OCH3 is 1. The first-order valence-corrected chi connectivity index (χ1v) is 11.5. The zero-order valence-corrected chi connectivity index (χ0v) is 19.5. The third kappa shape index (κ3) is 5.11. The Morgan fingerprint density at radius 3 is 2.44 bits per heavy atom. The van der Waals surface area contributed by atoms with Gasteiger partial charge in [-0.15, -0.1) is 0 Å². The molecule has 1 aromatic heterocycles. The Bertz CT molecular complexity index is 1160. The minimum Gasteiger partial charge on any atom is -0.497 e. The molecule has 2 heterocycles. The zero-order valence-electron chi connectivity index (χ0n) is 19.5. The van der Waals surface area contributed by atoms with E-state index in [1.54, 1.807) is 37.1 Å². The van der Waals surface area contributed by atoms with Crippen LogP contribution in [0.1, 0.15) is 34.5 Å². The van der Waals surface area contributed by atoms with E-state index in [4.69, 9.17) is 4.74 Å². The number of amides is 2. The van der Waals surface area contributed by atoms with Gasteiger partial charge in [-0.2, -0.15) is 5.10 Å². The van der Waals surface area contributed by atoms with E-state index in [-0.39, 0.29) is 11.8 Å². The van der Waals surface area contributed by atoms with Crippen LogP contribution in [0.3, 0.4) is 0 Å². The molecule has 1 fully saturated rings. The van der Waals surface area contributed by atoms with Gasteiger partial charge in [0.1, 0.15) is 17.3 Å². The van der Waals surface area contributed by atoms with Gasteiger partial charge in [0.25, 0.3) is 5.91 Å². The van der Waals surface area contributed by atoms with Gasteiger partial charge in [0, 0.05) is 32.6 Å². The molecule has 0 atom stereocenters. The number of aryl methyl sites for hydroxylation is 1. The summed E-state index contributed by atoms with van der Waals surface area (Å²) in [5, 5.41) is 4.25. The second-order valence-corrected chi connectivity index (χ2v) is 8.38. The number of nitrogens with zero attached hydrogens (tertiary/aromatic N) is 4. The molecular formula is C26H29FN4O3. The van der Waals surface area contributed by atoms with Gasteiger partial charge in [-0.25, -0.2) is 9.07 Å². The van der Waals surface area contributed by atoms with Crippen molar-refractivity contribution in [2.24, 2.45) is 0 Å². The Labute approximate surface area is 198 Å². The summed E-state index contributed by atoms with van der Waals surface area (Å²) in [6.07, 6.45) is 3.29. The van der Waals surface area contributed by atoms with Crippen molar-refractivity contribution in [2.75, 3.05) is 33.3 Å². The second-order valence-electron chi connectivity index (χ2n) is 8.38. The van der Waals surface area contributed by atoms with Crippen LogP contribution in [0.15, 0.2) is 54.7 Å². The quantitative estimate of drug-likeness (QED) is 0.559. The molecule has 0 spiro atoms. The lowest BCUT2D eigenvalue weighted by Crippen LogP contribution is -2.37. The van der Waals surface area contributed by atoms with Crippen molar-refractivity contribution in [3.05, 3.63) is 77.4 Å². The molecule has 7 nitrogen and oxygen atoms in total. The van der Waals surface area contributed by atoms with Gasteiger partial charge in [-0.3, -0.25) is 9.59 Å². The van der Waals surface area contributed by atoms with Crippen LogP contribution < -0.4 is 4.74 Å². The van der Waals surface area contributed by atoms with E-state index in [2.05, 4.69) is 5.10 Å². The molecule has 0 aliphatic carbocycles. The fraction of sp³-hybridized carbons (Fsp3) is 0.346. The molecule has 0 N–H and O–H groups in total. The van der Waals surface area contributed by atoms with Crippen molar-refractivity contribution in [3.8, 4) is 11.4 Å². The third-order valence-electron chi connectivity index (χ3n) is 6.24. The van der Waals surface area contributed by atoms with Crippen molar-refractivity contribution in [1.29, 1.82) is 0 Å². The number of ether oxygens (including phenoxy) is 1. The fourth-order valence-corrected chi connectivity index (χ4v) is 4.23. The number of hydrogen-bond acceptors (Lipinski definition) is 4. The Morgan fingerprint density at radius 1 is 1.00 bits per heavy atom. The van der Waals surface area contributed by atoms with E-state index < -0.39 is 5.82 Å². The lowest BCUT2D eigenvalue weighted by molar-refractivity contribution is -0.131. The minimum atomic E-state index is -0.397. The van der Waals surface area contributed by atoms with Gasteiger partial charge in [-0.1, -0.05) is 24.3 Å². The third-order valence-corrected chi connectivity index (χ3v) is 6.24. The Kier molecular flexibility index (Phi) is 7.25. The van der Waals surface area contributed by atoms with Crippen LogP contribution in [-0.4, -0.2) is 64.7 Å². The summed E-state index contributed by atoms with van der Waals surface area (Å²) in [4.78, 5) is 29.6. The first-order chi connectivity index (χ1) is 16.5. The highest BCUT2D eigenvalue weighted by molar-refractivity contribution is 5.95. The van der Waals surface area contributed by atoms with E-state index in [1.165, 1.54) is 16.9 Å². The van der Waals surface area contributed by atoms with Crippen molar-refractivity contribution in [2.45, 2.75) is 26.2 Å². The molecule has 4 rings (SSSR count). The highest BCUT2D eigenvalue weighted by Gasteiger charge is 2.25. The maximum atomic E-state index is 14.2. The van der Waals surface area contributed by atoms with Crippen LogP contribution in [0.4, 0.5) is 4.39 Å². The molecule has 0 unspecified atom stereocenters. The van der Waals surface area contributed by atoms with Crippen LogP contribution in [-0.2, 0) is 11.2 Å². The molecule has 1 aliphatic rings. The Morgan fingerprint density at radius 2 is 1.71 bits per heavy atom. The predicted octanol–water partition coefficient (Wildman–Crippen LogP) is 3.64. The van der Waals surface area contributed by atoms with Crippen molar-refractivity contribution >= 4 is 11.8 Å². The smallest absolute Gasteiger partial charge is 0.257 e. The van der Waals surface area contributed by atoms with Gasteiger partial charge < -0.3 is 14.5 Å². The zero-order chi connectivity index (χ0) is 24.1. The fourth-order valence-electron chi connectivity index (χ4n) is 4.23. The van der Waals surface area contributed by atoms with Crippen molar-refractivity contribution in [1.82, 2.24) is 19.6 Å². The standard InChI is InChI=1S/C26H29FN4O3/c1-19-22(18-28-31(19)24-7-4-3-6-23(24)27)26(33)30-15-5-14-29(16-17-30)25(32)13-10-20-8-11-21(34-2)12-9-20/h3-4,6-9,11-12,18H,5,10,13-17H2,1-2H3. The molecule has 0 radical (unpaired) electrons. The molecule has 2 amide bonds. The number of halogens is 1. The first kappa shape index (κ1) is 23.5. The van der Waals surface area contributed by atoms with E-state index in [0.29, 0.717) is 62.4 Å². The number of hydrogen-bond donors (Lipinski definition) is 0. The molecule has 1 aliphatic heterocycles. The van der Waals surface area contributed by atoms with Crippen molar-refractivity contribution in [3.63, 3.8) is 0 Å². The Balaban J connectivity index is 1.36. The molecule has 2 aromatic carbocycles. The molecule has 1 saturated heterocycles. The Hall–Kier alpha value is -3.68. The number of para-hydroxylation sites is 1. The molecule has 0 bridgehead atoms. The monoisotopic (exact) mass is 464 g/mol. The van der Waals surface area contributed by atoms with Crippen molar-refractivity contribution < 1.29 is 18.7 Å². The normalized spacial score (nSPS) is 14.1. The van der Waals surface area contributed by atoms with Gasteiger partial charge in [-0.05, 0) is 49.6 Å². The first-order valence-electron chi connectivity index (χ1n) is 11.5. The second kappa shape index (κ2) is 10.5. The minimum absolute atomic E-state index is 0.0914. The average molecular weight is 465 g/mol. The average Bonchev–Trinajstić information content (AvgIpc) is 3.06. The van der Waals surface area contributed by atoms with Crippen LogP contribution in [0.25, 0.3) is 5.69 Å². The number of carbonyl (C=O) groups excluding carboxylic acids is 2. The number of carbonyl (C=O) groups is 2. The summed E-state index contributed by atoms with van der Waals surface area (Å²) in [5.74, 6) is 0.342. The largest absolute Gasteiger partial charge is 0.497 e. The van der Waals surface area contributed by atoms with Crippen LogP contribution in [0, 0.1) is 12.7 Å². The van der Waals surface area contributed by atoms with Crippen LogP contribution in [0.2, 0.25) is 0 Å². The molecule has 178 valence electrons. The maximum Gasteiger partial charge on any atom is 0.257 e. The molecule has 34 heavy (non-hydrogen) atoms. The summed E-state index contributed by atoms with van der Waals surface area (Å²) >= 11 is 0. The summed E-state index contributed by atoms with van der Waals surface area (Å²) in [5.41, 5.74) is 2.43. The highest BCUT2D eigenvalue weighted by atomic mass is 19.1. The predicted molar refractivity (Wildman–Crippen MR) is 127 cm³/mol. The molecular weight excluding hydrogens is 435 g/mol. The summed E-state index contributed by atoms with van der Waals surface area (Å²) in [7, 11) is 1.63. The maximum absolute atomic E-state index is 14.2. The summed E-state index contributed by atoms with van der Waals surface area (Å²) in [6.45, 7) is 3.90. The van der Waals surface area contributed by atoms with E-state index >= 15 is 0 Å². The van der Waals surface area contributed by atoms with E-state index in [0.717, 1.165) is 11.3 Å². The van der Waals surface area contributed by atoms with Crippen LogP contribution in [0.5, 0.6) is 5.75 Å². The summed E-state index contributed by atoms with van der Waals surface area (Å²) < 4.78 is 20.8. The van der Waals surface area contributed by atoms with Gasteiger partial charge in [0.05, 0.1) is 24.6 Å². The lowest BCUT2D eigenvalue weighted by Gasteiger charge is -2.22. The van der Waals surface area contributed by atoms with E-state index in [9.17, 15) is 14.0 Å². The lowest BCUT2D eigenvalue weighted by atomic mass is 10.1. The molecule has 8 heteroatoms. The van der Waals surface area contributed by atoms with Gasteiger partial charge >= 0.3 is 0 Å². The van der Waals surface area contributed by atoms with Crippen LogP contribution >= 0.6 is 0 Å².